The third-order valence-corrected chi connectivity index (χ3v) is 3.21. The summed E-state index contributed by atoms with van der Waals surface area (Å²) in [4.78, 5) is 0. The summed E-state index contributed by atoms with van der Waals surface area (Å²) in [5, 5.41) is 7.90. The summed E-state index contributed by atoms with van der Waals surface area (Å²) in [6.07, 6.45) is 1.54. The van der Waals surface area contributed by atoms with Crippen molar-refractivity contribution < 1.29 is 9.15 Å². The molecule has 0 aliphatic heterocycles. The monoisotopic (exact) mass is 280 g/mol. The van der Waals surface area contributed by atoms with E-state index in [4.69, 9.17) is 20.8 Å². The van der Waals surface area contributed by atoms with Gasteiger partial charge in [-0.05, 0) is 37.5 Å². The molecule has 0 N–H and O–H groups in total. The van der Waals surface area contributed by atoms with Crippen LogP contribution in [0.2, 0.25) is 0 Å². The summed E-state index contributed by atoms with van der Waals surface area (Å²) < 4.78 is 11.2. The first-order valence-corrected chi connectivity index (χ1v) is 6.80. The number of rotatable bonds is 6. The Balaban J connectivity index is 1.95. The summed E-state index contributed by atoms with van der Waals surface area (Å²) >= 11 is 5.62. The topological polar surface area (TPSA) is 48.2 Å². The van der Waals surface area contributed by atoms with Crippen LogP contribution >= 0.6 is 11.6 Å². The number of ether oxygens (including phenoxy) is 1. The highest BCUT2D eigenvalue weighted by Gasteiger charge is 2.08. The van der Waals surface area contributed by atoms with Gasteiger partial charge in [-0.1, -0.05) is 12.1 Å². The zero-order valence-electron chi connectivity index (χ0n) is 11.1. The maximum atomic E-state index is 5.70. The van der Waals surface area contributed by atoms with Gasteiger partial charge in [-0.3, -0.25) is 0 Å². The number of hydrogen-bond acceptors (Lipinski definition) is 4. The Morgan fingerprint density at radius 3 is 2.79 bits per heavy atom. The minimum atomic E-state index is 0.290. The van der Waals surface area contributed by atoms with Crippen molar-refractivity contribution in [3.8, 4) is 5.75 Å². The highest BCUT2D eigenvalue weighted by Crippen LogP contribution is 2.21. The molecule has 5 heteroatoms. The minimum absolute atomic E-state index is 0.290. The van der Waals surface area contributed by atoms with E-state index >= 15 is 0 Å². The lowest BCUT2D eigenvalue weighted by Crippen LogP contribution is -1.98. The number of aryl methyl sites for hydroxylation is 2. The number of nitrogens with zero attached hydrogens (tertiary/aromatic N) is 2. The SMILES string of the molecule is Cc1cccc(OCc2nnc(CCCCl)o2)c1C. The van der Waals surface area contributed by atoms with Gasteiger partial charge in [0, 0.05) is 12.3 Å². The summed E-state index contributed by atoms with van der Waals surface area (Å²) in [7, 11) is 0. The first-order chi connectivity index (χ1) is 9.20. The maximum Gasteiger partial charge on any atom is 0.253 e. The Labute approximate surface area is 117 Å². The summed E-state index contributed by atoms with van der Waals surface area (Å²) in [5.41, 5.74) is 2.33. The average Bonchev–Trinajstić information content (AvgIpc) is 2.86. The number of halogens is 1. The summed E-state index contributed by atoms with van der Waals surface area (Å²) in [6.45, 7) is 4.38. The van der Waals surface area contributed by atoms with Crippen LogP contribution in [0.15, 0.2) is 22.6 Å². The molecule has 0 saturated heterocycles. The van der Waals surface area contributed by atoms with E-state index in [2.05, 4.69) is 23.2 Å². The molecule has 0 saturated carbocycles. The predicted octanol–water partition coefficient (Wildman–Crippen LogP) is 3.44. The zero-order chi connectivity index (χ0) is 13.7. The van der Waals surface area contributed by atoms with Crippen molar-refractivity contribution in [2.45, 2.75) is 33.3 Å². The molecule has 4 nitrogen and oxygen atoms in total. The Morgan fingerprint density at radius 1 is 1.21 bits per heavy atom. The third-order valence-electron chi connectivity index (χ3n) is 2.94. The molecule has 0 fully saturated rings. The van der Waals surface area contributed by atoms with Crippen molar-refractivity contribution >= 4 is 11.6 Å². The molecule has 0 radical (unpaired) electrons. The van der Waals surface area contributed by atoms with Crippen LogP contribution in [-0.4, -0.2) is 16.1 Å². The van der Waals surface area contributed by atoms with Crippen LogP contribution in [0.3, 0.4) is 0 Å². The molecule has 1 aromatic carbocycles. The first-order valence-electron chi connectivity index (χ1n) is 6.27. The van der Waals surface area contributed by atoms with Gasteiger partial charge in [0.25, 0.3) is 5.89 Å². The van der Waals surface area contributed by atoms with Crippen molar-refractivity contribution in [2.75, 3.05) is 5.88 Å². The molecule has 1 heterocycles. The quantitative estimate of drug-likeness (QED) is 0.761. The standard InChI is InChI=1S/C14H17ClN2O2/c1-10-5-3-6-12(11(10)2)18-9-14-17-16-13(19-14)7-4-8-15/h3,5-6H,4,7-9H2,1-2H3. The number of aromatic nitrogens is 2. The molecule has 19 heavy (non-hydrogen) atoms. The van der Waals surface area contributed by atoms with Gasteiger partial charge in [-0.15, -0.1) is 21.8 Å². The molecule has 0 aliphatic carbocycles. The van der Waals surface area contributed by atoms with E-state index in [1.54, 1.807) is 0 Å². The van der Waals surface area contributed by atoms with Crippen molar-refractivity contribution in [1.29, 1.82) is 0 Å². The van der Waals surface area contributed by atoms with E-state index in [-0.39, 0.29) is 6.61 Å². The Kier molecular flexibility index (Phi) is 4.80. The van der Waals surface area contributed by atoms with E-state index in [1.807, 2.05) is 19.1 Å². The number of alkyl halides is 1. The molecule has 2 aromatic rings. The van der Waals surface area contributed by atoms with Crippen molar-refractivity contribution in [1.82, 2.24) is 10.2 Å². The normalized spacial score (nSPS) is 10.7. The van der Waals surface area contributed by atoms with Crippen LogP contribution in [0.4, 0.5) is 0 Å². The van der Waals surface area contributed by atoms with E-state index < -0.39 is 0 Å². The second-order valence-electron chi connectivity index (χ2n) is 4.37. The van der Waals surface area contributed by atoms with Crippen LogP contribution in [0.5, 0.6) is 5.75 Å². The highest BCUT2D eigenvalue weighted by atomic mass is 35.5. The van der Waals surface area contributed by atoms with Crippen LogP contribution in [0.1, 0.15) is 29.3 Å². The fraction of sp³-hybridized carbons (Fsp3) is 0.429. The predicted molar refractivity (Wildman–Crippen MR) is 73.6 cm³/mol. The molecule has 0 spiro atoms. The lowest BCUT2D eigenvalue weighted by Gasteiger charge is -2.08. The van der Waals surface area contributed by atoms with Gasteiger partial charge in [-0.2, -0.15) is 0 Å². The van der Waals surface area contributed by atoms with Crippen molar-refractivity contribution in [3.05, 3.63) is 41.1 Å². The maximum absolute atomic E-state index is 5.70. The molecular formula is C14H17ClN2O2. The van der Waals surface area contributed by atoms with Gasteiger partial charge in [0.2, 0.25) is 5.89 Å². The van der Waals surface area contributed by atoms with Crippen LogP contribution in [0, 0.1) is 13.8 Å². The van der Waals surface area contributed by atoms with Gasteiger partial charge in [0.05, 0.1) is 0 Å². The first kappa shape index (κ1) is 13.9. The smallest absolute Gasteiger partial charge is 0.253 e. The van der Waals surface area contributed by atoms with Crippen molar-refractivity contribution in [3.63, 3.8) is 0 Å². The molecule has 0 atom stereocenters. The Bertz CT molecular complexity index is 540. The van der Waals surface area contributed by atoms with E-state index in [1.165, 1.54) is 5.56 Å². The molecule has 0 amide bonds. The molecule has 2 rings (SSSR count). The van der Waals surface area contributed by atoms with Crippen LogP contribution in [0.25, 0.3) is 0 Å². The zero-order valence-corrected chi connectivity index (χ0v) is 11.9. The summed E-state index contributed by atoms with van der Waals surface area (Å²) in [5.74, 6) is 2.54. The van der Waals surface area contributed by atoms with E-state index in [9.17, 15) is 0 Å². The fourth-order valence-electron chi connectivity index (χ4n) is 1.69. The Hall–Kier alpha value is -1.55. The molecule has 0 aliphatic rings. The van der Waals surface area contributed by atoms with Crippen LogP contribution in [-0.2, 0) is 13.0 Å². The second-order valence-corrected chi connectivity index (χ2v) is 4.75. The lowest BCUT2D eigenvalue weighted by atomic mass is 10.1. The molecule has 0 bridgehead atoms. The van der Waals surface area contributed by atoms with Gasteiger partial charge in [0.1, 0.15) is 5.75 Å². The highest BCUT2D eigenvalue weighted by molar-refractivity contribution is 6.17. The fourth-order valence-corrected chi connectivity index (χ4v) is 1.82. The minimum Gasteiger partial charge on any atom is -0.484 e. The van der Waals surface area contributed by atoms with E-state index in [0.717, 1.165) is 17.7 Å². The van der Waals surface area contributed by atoms with E-state index in [0.29, 0.717) is 24.1 Å². The van der Waals surface area contributed by atoms with Gasteiger partial charge in [0.15, 0.2) is 6.61 Å². The largest absolute Gasteiger partial charge is 0.484 e. The Morgan fingerprint density at radius 2 is 2.00 bits per heavy atom. The molecule has 1 aromatic heterocycles. The van der Waals surface area contributed by atoms with Gasteiger partial charge in [-0.25, -0.2) is 0 Å². The molecular weight excluding hydrogens is 264 g/mol. The second kappa shape index (κ2) is 6.57. The number of hydrogen-bond donors (Lipinski definition) is 0. The van der Waals surface area contributed by atoms with Crippen molar-refractivity contribution in [2.24, 2.45) is 0 Å². The molecule has 102 valence electrons. The third kappa shape index (κ3) is 3.70. The lowest BCUT2D eigenvalue weighted by molar-refractivity contribution is 0.257. The van der Waals surface area contributed by atoms with Crippen LogP contribution < -0.4 is 4.74 Å². The van der Waals surface area contributed by atoms with Gasteiger partial charge < -0.3 is 9.15 Å². The van der Waals surface area contributed by atoms with Gasteiger partial charge >= 0.3 is 0 Å². The number of benzene rings is 1. The molecule has 0 unspecified atom stereocenters. The average molecular weight is 281 g/mol. The summed E-state index contributed by atoms with van der Waals surface area (Å²) in [6, 6.07) is 5.96.